The Morgan fingerprint density at radius 1 is 0.774 bits per heavy atom. The summed E-state index contributed by atoms with van der Waals surface area (Å²) >= 11 is 1.68. The third kappa shape index (κ3) is 4.47. The van der Waals surface area contributed by atoms with Gasteiger partial charge in [0.1, 0.15) is 5.82 Å². The van der Waals surface area contributed by atoms with Crippen molar-refractivity contribution in [1.82, 2.24) is 19.5 Å². The molecule has 0 bridgehead atoms. The maximum atomic E-state index is 4.94. The first kappa shape index (κ1) is 19.4. The van der Waals surface area contributed by atoms with E-state index in [1.54, 1.807) is 11.8 Å². The quantitative estimate of drug-likeness (QED) is 0.314. The Hall–Kier alpha value is -3.57. The van der Waals surface area contributed by atoms with E-state index in [4.69, 9.17) is 4.98 Å². The SMILES string of the molecule is c1ccc(Cn2ccnc2CSc2nc(-c3ccccc3)c(-c3ccccc3)[nH]2)cc1. The fourth-order valence-corrected chi connectivity index (χ4v) is 4.41. The molecule has 0 atom stereocenters. The van der Waals surface area contributed by atoms with Crippen LogP contribution in [0.5, 0.6) is 0 Å². The van der Waals surface area contributed by atoms with Crippen molar-refractivity contribution in [3.8, 4) is 22.5 Å². The van der Waals surface area contributed by atoms with E-state index in [2.05, 4.69) is 75.2 Å². The Labute approximate surface area is 186 Å². The van der Waals surface area contributed by atoms with Crippen molar-refractivity contribution in [1.29, 1.82) is 0 Å². The number of hydrogen-bond acceptors (Lipinski definition) is 3. The second-order valence-electron chi connectivity index (χ2n) is 7.24. The van der Waals surface area contributed by atoms with Crippen molar-refractivity contribution in [3.63, 3.8) is 0 Å². The van der Waals surface area contributed by atoms with Crippen LogP contribution in [0.1, 0.15) is 11.4 Å². The largest absolute Gasteiger partial charge is 0.332 e. The minimum atomic E-state index is 0.746. The molecule has 5 aromatic rings. The summed E-state index contributed by atoms with van der Waals surface area (Å²) in [5.74, 6) is 1.78. The van der Waals surface area contributed by atoms with Crippen molar-refractivity contribution in [3.05, 3.63) is 115 Å². The molecule has 4 nitrogen and oxygen atoms in total. The van der Waals surface area contributed by atoms with Gasteiger partial charge in [0.05, 0.1) is 17.1 Å². The summed E-state index contributed by atoms with van der Waals surface area (Å²) in [5.41, 5.74) is 5.52. The topological polar surface area (TPSA) is 46.5 Å². The van der Waals surface area contributed by atoms with Crippen LogP contribution < -0.4 is 0 Å². The zero-order chi connectivity index (χ0) is 20.9. The van der Waals surface area contributed by atoms with E-state index >= 15 is 0 Å². The molecule has 0 amide bonds. The highest BCUT2D eigenvalue weighted by Gasteiger charge is 2.15. The average molecular weight is 423 g/mol. The number of aromatic nitrogens is 4. The van der Waals surface area contributed by atoms with E-state index in [0.717, 1.165) is 45.8 Å². The highest BCUT2D eigenvalue weighted by atomic mass is 32.2. The van der Waals surface area contributed by atoms with Crippen LogP contribution in [0.2, 0.25) is 0 Å². The standard InChI is InChI=1S/C26H22N4S/c1-4-10-20(11-5-1)18-30-17-16-27-23(30)19-31-26-28-24(21-12-6-2-7-13-21)25(29-26)22-14-8-3-9-15-22/h1-17H,18-19H2,(H,28,29). The van der Waals surface area contributed by atoms with Crippen LogP contribution >= 0.6 is 11.8 Å². The Bertz CT molecular complexity index is 1190. The van der Waals surface area contributed by atoms with Crippen molar-refractivity contribution in [2.24, 2.45) is 0 Å². The highest BCUT2D eigenvalue weighted by molar-refractivity contribution is 7.98. The molecule has 0 aliphatic carbocycles. The molecule has 5 heteroatoms. The van der Waals surface area contributed by atoms with Crippen LogP contribution in [0.3, 0.4) is 0 Å². The number of benzene rings is 3. The Morgan fingerprint density at radius 3 is 2.13 bits per heavy atom. The number of rotatable bonds is 7. The molecule has 0 radical (unpaired) electrons. The number of imidazole rings is 2. The molecule has 1 N–H and O–H groups in total. The van der Waals surface area contributed by atoms with Gasteiger partial charge in [0.15, 0.2) is 5.16 Å². The summed E-state index contributed by atoms with van der Waals surface area (Å²) in [6, 6.07) is 31.1. The molecular weight excluding hydrogens is 400 g/mol. The highest BCUT2D eigenvalue weighted by Crippen LogP contribution is 2.33. The van der Waals surface area contributed by atoms with E-state index in [1.807, 2.05) is 42.7 Å². The lowest BCUT2D eigenvalue weighted by Crippen LogP contribution is -2.03. The van der Waals surface area contributed by atoms with Gasteiger partial charge in [-0.2, -0.15) is 0 Å². The van der Waals surface area contributed by atoms with Crippen LogP contribution in [0.15, 0.2) is 109 Å². The van der Waals surface area contributed by atoms with Gasteiger partial charge >= 0.3 is 0 Å². The molecular formula is C26H22N4S. The lowest BCUT2D eigenvalue weighted by molar-refractivity contribution is 0.756. The van der Waals surface area contributed by atoms with Crippen molar-refractivity contribution >= 4 is 11.8 Å². The van der Waals surface area contributed by atoms with Crippen LogP contribution in [0, 0.1) is 0 Å². The molecule has 0 saturated carbocycles. The zero-order valence-electron chi connectivity index (χ0n) is 17.0. The molecule has 152 valence electrons. The minimum Gasteiger partial charge on any atom is -0.332 e. The monoisotopic (exact) mass is 422 g/mol. The lowest BCUT2D eigenvalue weighted by Gasteiger charge is -2.07. The van der Waals surface area contributed by atoms with Crippen LogP contribution in [-0.4, -0.2) is 19.5 Å². The number of thioether (sulfide) groups is 1. The second-order valence-corrected chi connectivity index (χ2v) is 8.21. The molecule has 0 spiro atoms. The maximum Gasteiger partial charge on any atom is 0.166 e. The molecule has 5 rings (SSSR count). The van der Waals surface area contributed by atoms with Gasteiger partial charge in [-0.1, -0.05) is 103 Å². The van der Waals surface area contributed by atoms with Crippen LogP contribution in [0.25, 0.3) is 22.5 Å². The van der Waals surface area contributed by atoms with E-state index in [-0.39, 0.29) is 0 Å². The minimum absolute atomic E-state index is 0.746. The van der Waals surface area contributed by atoms with Gasteiger partial charge in [0.2, 0.25) is 0 Å². The smallest absolute Gasteiger partial charge is 0.166 e. The molecule has 3 aromatic carbocycles. The predicted octanol–water partition coefficient (Wildman–Crippen LogP) is 6.28. The van der Waals surface area contributed by atoms with E-state index in [1.165, 1.54) is 5.56 Å². The number of nitrogens with one attached hydrogen (secondary N) is 1. The molecule has 31 heavy (non-hydrogen) atoms. The lowest BCUT2D eigenvalue weighted by atomic mass is 10.1. The molecule has 2 aromatic heterocycles. The van der Waals surface area contributed by atoms with Gasteiger partial charge in [-0.15, -0.1) is 0 Å². The summed E-state index contributed by atoms with van der Waals surface area (Å²) in [4.78, 5) is 13.1. The van der Waals surface area contributed by atoms with Gasteiger partial charge in [-0.25, -0.2) is 9.97 Å². The van der Waals surface area contributed by atoms with E-state index in [9.17, 15) is 0 Å². The summed E-state index contributed by atoms with van der Waals surface area (Å²) in [6.07, 6.45) is 3.90. The molecule has 0 aliphatic rings. The second kappa shape index (κ2) is 9.06. The van der Waals surface area contributed by atoms with E-state index < -0.39 is 0 Å². The van der Waals surface area contributed by atoms with Crippen LogP contribution in [0.4, 0.5) is 0 Å². The normalized spacial score (nSPS) is 11.0. The first-order chi connectivity index (χ1) is 15.4. The summed E-state index contributed by atoms with van der Waals surface area (Å²) < 4.78 is 2.20. The summed E-state index contributed by atoms with van der Waals surface area (Å²) in [7, 11) is 0. The fourth-order valence-electron chi connectivity index (χ4n) is 3.58. The molecule has 2 heterocycles. The van der Waals surface area contributed by atoms with Crippen LogP contribution in [-0.2, 0) is 12.3 Å². The van der Waals surface area contributed by atoms with Gasteiger partial charge in [0, 0.05) is 30.1 Å². The number of H-pyrrole nitrogens is 1. The molecule has 0 fully saturated rings. The van der Waals surface area contributed by atoms with Crippen molar-refractivity contribution < 1.29 is 0 Å². The van der Waals surface area contributed by atoms with Gasteiger partial charge in [-0.05, 0) is 5.56 Å². The fraction of sp³-hybridized carbons (Fsp3) is 0.0769. The Balaban J connectivity index is 1.40. The Morgan fingerprint density at radius 2 is 1.42 bits per heavy atom. The zero-order valence-corrected chi connectivity index (χ0v) is 17.8. The van der Waals surface area contributed by atoms with Crippen molar-refractivity contribution in [2.45, 2.75) is 17.5 Å². The first-order valence-electron chi connectivity index (χ1n) is 10.2. The number of hydrogen-bond donors (Lipinski definition) is 1. The number of nitrogens with zero attached hydrogens (tertiary/aromatic N) is 3. The predicted molar refractivity (Wildman–Crippen MR) is 127 cm³/mol. The average Bonchev–Trinajstić information content (AvgIpc) is 3.46. The number of aromatic amines is 1. The third-order valence-corrected chi connectivity index (χ3v) is 6.00. The summed E-state index contributed by atoms with van der Waals surface area (Å²) in [6.45, 7) is 0.819. The molecule has 0 aliphatic heterocycles. The van der Waals surface area contributed by atoms with E-state index in [0.29, 0.717) is 0 Å². The van der Waals surface area contributed by atoms with Gasteiger partial charge in [-0.3, -0.25) is 0 Å². The summed E-state index contributed by atoms with van der Waals surface area (Å²) in [5, 5.41) is 0.895. The Kier molecular flexibility index (Phi) is 5.67. The first-order valence-corrected chi connectivity index (χ1v) is 11.2. The molecule has 0 unspecified atom stereocenters. The van der Waals surface area contributed by atoms with Gasteiger partial charge < -0.3 is 9.55 Å². The van der Waals surface area contributed by atoms with Gasteiger partial charge in [0.25, 0.3) is 0 Å². The maximum absolute atomic E-state index is 4.94. The molecule has 0 saturated heterocycles. The third-order valence-electron chi connectivity index (χ3n) is 5.13. The van der Waals surface area contributed by atoms with Crippen molar-refractivity contribution in [2.75, 3.05) is 0 Å².